The number of anilines is 1. The Bertz CT molecular complexity index is 925. The Labute approximate surface area is 184 Å². The van der Waals surface area contributed by atoms with E-state index in [1.807, 2.05) is 0 Å². The quantitative estimate of drug-likeness (QED) is 0.441. The summed E-state index contributed by atoms with van der Waals surface area (Å²) in [7, 11) is 0. The number of amides is 2. The average Bonchev–Trinajstić information content (AvgIpc) is 3.01. The van der Waals surface area contributed by atoms with Crippen LogP contribution in [0, 0.1) is 6.92 Å². The van der Waals surface area contributed by atoms with Gasteiger partial charge in [-0.05, 0) is 51.1 Å². The van der Waals surface area contributed by atoms with Crippen molar-refractivity contribution in [3.63, 3.8) is 0 Å². The van der Waals surface area contributed by atoms with Gasteiger partial charge >= 0.3 is 0 Å². The number of aromatic amines is 1. The van der Waals surface area contributed by atoms with E-state index in [4.69, 9.17) is 33.7 Å². The van der Waals surface area contributed by atoms with Gasteiger partial charge in [0.15, 0.2) is 0 Å². The van der Waals surface area contributed by atoms with E-state index in [1.165, 1.54) is 0 Å². The van der Waals surface area contributed by atoms with E-state index < -0.39 is 5.91 Å². The number of nitrogens with one attached hydrogen (secondary N) is 4. The van der Waals surface area contributed by atoms with Crippen LogP contribution in [0.5, 0.6) is 5.75 Å². The van der Waals surface area contributed by atoms with Gasteiger partial charge in [0.2, 0.25) is 0 Å². The number of hydrogen-bond donors (Lipinski definition) is 5. The first-order valence-corrected chi connectivity index (χ1v) is 10.5. The number of piperidine rings is 1. The second kappa shape index (κ2) is 10.2. The van der Waals surface area contributed by atoms with Gasteiger partial charge in [-0.2, -0.15) is 0 Å². The molecular formula is C20H25Cl2N5O3. The molecule has 162 valence electrons. The summed E-state index contributed by atoms with van der Waals surface area (Å²) < 4.78 is 6.15. The van der Waals surface area contributed by atoms with Crippen molar-refractivity contribution < 1.29 is 14.3 Å². The normalized spacial score (nSPS) is 14.4. The number of H-pyrrole nitrogens is 1. The largest absolute Gasteiger partial charge is 0.488 e. The van der Waals surface area contributed by atoms with Crippen LogP contribution >= 0.6 is 23.2 Å². The van der Waals surface area contributed by atoms with Crippen LogP contribution in [-0.2, 0) is 0 Å². The first kappa shape index (κ1) is 22.4. The molecule has 0 radical (unpaired) electrons. The van der Waals surface area contributed by atoms with Crippen LogP contribution in [0.25, 0.3) is 0 Å². The van der Waals surface area contributed by atoms with Crippen molar-refractivity contribution in [1.82, 2.24) is 15.6 Å². The summed E-state index contributed by atoms with van der Waals surface area (Å²) in [5, 5.41) is 9.27. The molecule has 0 unspecified atom stereocenters. The van der Waals surface area contributed by atoms with Crippen LogP contribution in [0.15, 0.2) is 18.2 Å². The van der Waals surface area contributed by atoms with Crippen molar-refractivity contribution in [2.45, 2.75) is 25.9 Å². The highest BCUT2D eigenvalue weighted by Crippen LogP contribution is 2.32. The number of aromatic nitrogens is 1. The second-order valence-electron chi connectivity index (χ2n) is 7.03. The third-order valence-corrected chi connectivity index (χ3v) is 5.73. The average molecular weight is 454 g/mol. The number of rotatable bonds is 7. The number of carbonyl (C=O) groups excluding carboxylic acids is 2. The topological polar surface area (TPSA) is 121 Å². The lowest BCUT2D eigenvalue weighted by Crippen LogP contribution is -2.34. The zero-order valence-corrected chi connectivity index (χ0v) is 18.1. The molecule has 1 aromatic heterocycles. The highest BCUT2D eigenvalue weighted by atomic mass is 35.5. The Hall–Kier alpha value is -2.26. The van der Waals surface area contributed by atoms with Gasteiger partial charge in [-0.3, -0.25) is 9.59 Å². The molecule has 3 rings (SSSR count). The van der Waals surface area contributed by atoms with Crippen molar-refractivity contribution >= 4 is 40.7 Å². The summed E-state index contributed by atoms with van der Waals surface area (Å²) in [5.74, 6) is -0.296. The Morgan fingerprint density at radius 1 is 1.20 bits per heavy atom. The van der Waals surface area contributed by atoms with Crippen LogP contribution < -0.4 is 26.4 Å². The van der Waals surface area contributed by atoms with E-state index in [0.717, 1.165) is 25.9 Å². The van der Waals surface area contributed by atoms with Gasteiger partial charge in [0.25, 0.3) is 11.8 Å². The zero-order valence-electron chi connectivity index (χ0n) is 16.6. The van der Waals surface area contributed by atoms with Gasteiger partial charge < -0.3 is 31.4 Å². The highest BCUT2D eigenvalue weighted by molar-refractivity contribution is 6.44. The van der Waals surface area contributed by atoms with E-state index in [0.29, 0.717) is 40.8 Å². The van der Waals surface area contributed by atoms with Gasteiger partial charge in [0.05, 0.1) is 15.7 Å². The van der Waals surface area contributed by atoms with Crippen molar-refractivity contribution in [3.05, 3.63) is 45.2 Å². The van der Waals surface area contributed by atoms with Crippen LogP contribution in [0.1, 0.15) is 39.4 Å². The minimum Gasteiger partial charge on any atom is -0.488 e. The number of carbonyl (C=O) groups is 2. The lowest BCUT2D eigenvalue weighted by atomic mass is 10.1. The minimum atomic E-state index is -0.453. The lowest BCUT2D eigenvalue weighted by molar-refractivity contribution is 0.0953. The van der Waals surface area contributed by atoms with Gasteiger partial charge in [0.1, 0.15) is 17.5 Å². The fraction of sp³-hybridized carbons (Fsp3) is 0.400. The van der Waals surface area contributed by atoms with E-state index >= 15 is 0 Å². The number of halogens is 2. The third-order valence-electron chi connectivity index (χ3n) is 4.78. The molecule has 0 aliphatic carbocycles. The van der Waals surface area contributed by atoms with Crippen molar-refractivity contribution in [1.29, 1.82) is 0 Å². The number of aryl methyl sites for hydroxylation is 1. The van der Waals surface area contributed by atoms with Gasteiger partial charge in [-0.25, -0.2) is 0 Å². The molecule has 1 aliphatic rings. The smallest absolute Gasteiger partial charge is 0.273 e. The first-order valence-electron chi connectivity index (χ1n) is 9.75. The Balaban J connectivity index is 1.86. The SMILES string of the molecule is Cc1[nH]c(C(=O)Nc2ccc(C(=O)NCCN)cc2OC2CCNCC2)c(Cl)c1Cl. The number of hydrogen-bond acceptors (Lipinski definition) is 5. The van der Waals surface area contributed by atoms with Crippen LogP contribution in [0.3, 0.4) is 0 Å². The minimum absolute atomic E-state index is 0.0185. The van der Waals surface area contributed by atoms with E-state index in [1.54, 1.807) is 25.1 Å². The summed E-state index contributed by atoms with van der Waals surface area (Å²) in [4.78, 5) is 28.0. The molecule has 6 N–H and O–H groups in total. The molecule has 10 heteroatoms. The maximum absolute atomic E-state index is 12.8. The van der Waals surface area contributed by atoms with Crippen molar-refractivity contribution in [2.75, 3.05) is 31.5 Å². The number of ether oxygens (including phenoxy) is 1. The second-order valence-corrected chi connectivity index (χ2v) is 7.79. The lowest BCUT2D eigenvalue weighted by Gasteiger charge is -2.25. The molecule has 2 amide bonds. The molecule has 1 aromatic carbocycles. The standard InChI is InChI=1S/C20H25Cl2N5O3/c1-11-16(21)17(22)18(26-11)20(29)27-14-3-2-12(19(28)25-9-6-23)10-15(14)30-13-4-7-24-8-5-13/h2-3,10,13,24,26H,4-9,23H2,1H3,(H,25,28)(H,27,29). The van der Waals surface area contributed by atoms with E-state index in [-0.39, 0.29) is 22.7 Å². The molecule has 1 aliphatic heterocycles. The van der Waals surface area contributed by atoms with Gasteiger partial charge in [-0.1, -0.05) is 23.2 Å². The fourth-order valence-corrected chi connectivity index (χ4v) is 3.57. The third kappa shape index (κ3) is 5.26. The molecule has 2 aromatic rings. The molecule has 0 saturated carbocycles. The summed E-state index contributed by atoms with van der Waals surface area (Å²) in [6.07, 6.45) is 1.64. The van der Waals surface area contributed by atoms with Crippen LogP contribution in [-0.4, -0.2) is 49.1 Å². The highest BCUT2D eigenvalue weighted by Gasteiger charge is 2.22. The molecule has 0 atom stereocenters. The molecule has 1 fully saturated rings. The first-order chi connectivity index (χ1) is 14.4. The van der Waals surface area contributed by atoms with Crippen molar-refractivity contribution in [2.24, 2.45) is 5.73 Å². The van der Waals surface area contributed by atoms with Crippen molar-refractivity contribution in [3.8, 4) is 5.75 Å². The number of nitrogens with two attached hydrogens (primary N) is 1. The van der Waals surface area contributed by atoms with Crippen LogP contribution in [0.2, 0.25) is 10.0 Å². The molecular weight excluding hydrogens is 429 g/mol. The van der Waals surface area contributed by atoms with Crippen LogP contribution in [0.4, 0.5) is 5.69 Å². The summed E-state index contributed by atoms with van der Waals surface area (Å²) in [6, 6.07) is 4.88. The molecule has 2 heterocycles. The predicted molar refractivity (Wildman–Crippen MR) is 118 cm³/mol. The molecule has 8 nitrogen and oxygen atoms in total. The van der Waals surface area contributed by atoms with E-state index in [9.17, 15) is 9.59 Å². The maximum atomic E-state index is 12.8. The Morgan fingerprint density at radius 2 is 1.93 bits per heavy atom. The van der Waals surface area contributed by atoms with E-state index in [2.05, 4.69) is 20.9 Å². The molecule has 0 bridgehead atoms. The monoisotopic (exact) mass is 453 g/mol. The summed E-state index contributed by atoms with van der Waals surface area (Å²) in [5.41, 5.74) is 7.07. The predicted octanol–water partition coefficient (Wildman–Crippen LogP) is 2.70. The summed E-state index contributed by atoms with van der Waals surface area (Å²) in [6.45, 7) is 4.13. The summed E-state index contributed by atoms with van der Waals surface area (Å²) >= 11 is 12.2. The molecule has 0 spiro atoms. The molecule has 1 saturated heterocycles. The maximum Gasteiger partial charge on any atom is 0.273 e. The fourth-order valence-electron chi connectivity index (χ4n) is 3.16. The van der Waals surface area contributed by atoms with Gasteiger partial charge in [0, 0.05) is 24.3 Å². The Morgan fingerprint density at radius 3 is 2.57 bits per heavy atom. The number of benzene rings is 1. The zero-order chi connectivity index (χ0) is 21.7. The van der Waals surface area contributed by atoms with Gasteiger partial charge in [-0.15, -0.1) is 0 Å². The Kier molecular flexibility index (Phi) is 7.60. The molecule has 30 heavy (non-hydrogen) atoms.